The van der Waals surface area contributed by atoms with Crippen molar-refractivity contribution in [3.63, 3.8) is 0 Å². The van der Waals surface area contributed by atoms with Gasteiger partial charge in [-0.05, 0) is 59.4 Å². The quantitative estimate of drug-likeness (QED) is 0.430. The van der Waals surface area contributed by atoms with E-state index < -0.39 is 5.97 Å². The topological polar surface area (TPSA) is 97.7 Å². The molecule has 0 aliphatic heterocycles. The SMILES string of the molecule is COC(=O)C(C#N)=C1/C(=C/c2ccc(C#N)cc2)CC/C1=C\c1ccc(C#N)cc1. The Labute approximate surface area is 175 Å². The number of benzene rings is 2. The van der Waals surface area contributed by atoms with Gasteiger partial charge in [-0.2, -0.15) is 15.8 Å². The Morgan fingerprint density at radius 2 is 1.27 bits per heavy atom. The fraction of sp³-hybridized carbons (Fsp3) is 0.120. The highest BCUT2D eigenvalue weighted by molar-refractivity contribution is 5.97. The van der Waals surface area contributed by atoms with E-state index in [0.717, 1.165) is 22.3 Å². The van der Waals surface area contributed by atoms with Crippen LogP contribution in [0.2, 0.25) is 0 Å². The third kappa shape index (κ3) is 4.36. The van der Waals surface area contributed by atoms with Gasteiger partial charge in [0.1, 0.15) is 11.6 Å². The van der Waals surface area contributed by atoms with Gasteiger partial charge in [-0.1, -0.05) is 36.4 Å². The number of esters is 1. The Morgan fingerprint density at radius 3 is 1.60 bits per heavy atom. The zero-order valence-corrected chi connectivity index (χ0v) is 16.3. The number of hydrogen-bond acceptors (Lipinski definition) is 5. The molecule has 0 atom stereocenters. The third-order valence-electron chi connectivity index (χ3n) is 4.82. The molecule has 5 heteroatoms. The molecular weight excluding hydrogens is 374 g/mol. The van der Waals surface area contributed by atoms with Crippen molar-refractivity contribution in [3.05, 3.63) is 93.1 Å². The highest BCUT2D eigenvalue weighted by Gasteiger charge is 2.27. The molecule has 1 fully saturated rings. The molecule has 0 N–H and O–H groups in total. The molecule has 2 aromatic carbocycles. The molecule has 1 saturated carbocycles. The Morgan fingerprint density at radius 1 is 0.833 bits per heavy atom. The van der Waals surface area contributed by atoms with E-state index in [1.165, 1.54) is 7.11 Å². The number of nitriles is 3. The second-order valence-electron chi connectivity index (χ2n) is 6.66. The van der Waals surface area contributed by atoms with Crippen molar-refractivity contribution in [3.8, 4) is 18.2 Å². The predicted molar refractivity (Wildman–Crippen MR) is 112 cm³/mol. The minimum Gasteiger partial charge on any atom is -0.465 e. The van der Waals surface area contributed by atoms with Gasteiger partial charge in [0.25, 0.3) is 0 Å². The first-order valence-corrected chi connectivity index (χ1v) is 9.24. The van der Waals surface area contributed by atoms with Crippen molar-refractivity contribution in [2.75, 3.05) is 7.11 Å². The number of carbonyl (C=O) groups is 1. The van der Waals surface area contributed by atoms with Crippen molar-refractivity contribution in [1.29, 1.82) is 15.8 Å². The Balaban J connectivity index is 2.11. The van der Waals surface area contributed by atoms with Gasteiger partial charge in [0.05, 0.1) is 30.4 Å². The molecule has 0 spiro atoms. The van der Waals surface area contributed by atoms with Crippen LogP contribution in [0, 0.1) is 34.0 Å². The molecule has 2 aromatic rings. The maximum atomic E-state index is 12.3. The van der Waals surface area contributed by atoms with E-state index in [2.05, 4.69) is 12.1 Å². The summed E-state index contributed by atoms with van der Waals surface area (Å²) in [6, 6.07) is 20.4. The first-order chi connectivity index (χ1) is 14.6. The normalized spacial score (nSPS) is 15.3. The van der Waals surface area contributed by atoms with Crippen LogP contribution in [-0.4, -0.2) is 13.1 Å². The van der Waals surface area contributed by atoms with Gasteiger partial charge in [0, 0.05) is 5.57 Å². The van der Waals surface area contributed by atoms with E-state index in [1.807, 2.05) is 42.5 Å². The molecule has 0 radical (unpaired) electrons. The highest BCUT2D eigenvalue weighted by atomic mass is 16.5. The van der Waals surface area contributed by atoms with Crippen LogP contribution < -0.4 is 0 Å². The third-order valence-corrected chi connectivity index (χ3v) is 4.82. The number of ether oxygens (including phenoxy) is 1. The first kappa shape index (κ1) is 20.3. The minimum absolute atomic E-state index is 0.0326. The average molecular weight is 391 g/mol. The van der Waals surface area contributed by atoms with Crippen LogP contribution in [0.25, 0.3) is 12.2 Å². The van der Waals surface area contributed by atoms with Gasteiger partial charge in [0.2, 0.25) is 0 Å². The summed E-state index contributed by atoms with van der Waals surface area (Å²) in [6.45, 7) is 0. The zero-order valence-electron chi connectivity index (χ0n) is 16.3. The summed E-state index contributed by atoms with van der Waals surface area (Å²) in [5.41, 5.74) is 5.16. The second-order valence-corrected chi connectivity index (χ2v) is 6.66. The fourth-order valence-electron chi connectivity index (χ4n) is 3.35. The van der Waals surface area contributed by atoms with E-state index in [4.69, 9.17) is 15.3 Å². The molecule has 0 saturated heterocycles. The Hall–Kier alpha value is -4.40. The van der Waals surface area contributed by atoms with Crippen LogP contribution in [0.3, 0.4) is 0 Å². The summed E-state index contributed by atoms with van der Waals surface area (Å²) in [7, 11) is 1.25. The van der Waals surface area contributed by atoms with Gasteiger partial charge < -0.3 is 4.74 Å². The average Bonchev–Trinajstić information content (AvgIpc) is 3.17. The number of nitrogens with zero attached hydrogens (tertiary/aromatic N) is 3. The lowest BCUT2D eigenvalue weighted by Crippen LogP contribution is -2.07. The number of allylic oxidation sites excluding steroid dienone is 3. The lowest BCUT2D eigenvalue weighted by Gasteiger charge is -2.08. The van der Waals surface area contributed by atoms with Crippen LogP contribution in [0.15, 0.2) is 70.8 Å². The fourth-order valence-corrected chi connectivity index (χ4v) is 3.35. The van der Waals surface area contributed by atoms with Crippen molar-refractivity contribution in [1.82, 2.24) is 0 Å². The second kappa shape index (κ2) is 9.20. The molecule has 1 aliphatic rings. The summed E-state index contributed by atoms with van der Waals surface area (Å²) < 4.78 is 4.83. The van der Waals surface area contributed by atoms with Crippen molar-refractivity contribution >= 4 is 18.1 Å². The Kier molecular flexibility index (Phi) is 6.23. The van der Waals surface area contributed by atoms with Gasteiger partial charge in [-0.3, -0.25) is 0 Å². The summed E-state index contributed by atoms with van der Waals surface area (Å²) in [4.78, 5) is 12.3. The summed E-state index contributed by atoms with van der Waals surface area (Å²) in [6.07, 6.45) is 5.19. The Bertz CT molecular complexity index is 1120. The maximum absolute atomic E-state index is 12.3. The minimum atomic E-state index is -0.675. The smallest absolute Gasteiger partial charge is 0.349 e. The molecule has 0 bridgehead atoms. The van der Waals surface area contributed by atoms with Gasteiger partial charge >= 0.3 is 5.97 Å². The van der Waals surface area contributed by atoms with E-state index in [9.17, 15) is 10.1 Å². The monoisotopic (exact) mass is 391 g/mol. The number of carbonyl (C=O) groups excluding carboxylic acids is 1. The molecule has 3 rings (SSSR count). The standard InChI is InChI=1S/C25H17N3O2/c1-30-25(29)23(16-28)24-21(12-17-2-6-19(14-26)7-3-17)10-11-22(24)13-18-4-8-20(15-27)9-5-18/h2-9,12-13H,10-11H2,1H3/b21-12+,22-13+. The van der Waals surface area contributed by atoms with Crippen molar-refractivity contribution in [2.24, 2.45) is 0 Å². The summed E-state index contributed by atoms with van der Waals surface area (Å²) in [5.74, 6) is -0.675. The molecule has 1 aliphatic carbocycles. The van der Waals surface area contributed by atoms with Crippen LogP contribution in [0.4, 0.5) is 0 Å². The molecule has 5 nitrogen and oxygen atoms in total. The largest absolute Gasteiger partial charge is 0.465 e. The van der Waals surface area contributed by atoms with Gasteiger partial charge in [0.15, 0.2) is 0 Å². The number of rotatable bonds is 3. The highest BCUT2D eigenvalue weighted by Crippen LogP contribution is 2.40. The van der Waals surface area contributed by atoms with E-state index >= 15 is 0 Å². The zero-order chi connectivity index (χ0) is 21.5. The molecular formula is C25H17N3O2. The van der Waals surface area contributed by atoms with E-state index in [-0.39, 0.29) is 5.57 Å². The molecule has 0 heterocycles. The molecule has 0 aromatic heterocycles. The molecule has 144 valence electrons. The lowest BCUT2D eigenvalue weighted by atomic mass is 9.96. The van der Waals surface area contributed by atoms with Crippen LogP contribution in [0.5, 0.6) is 0 Å². The summed E-state index contributed by atoms with van der Waals surface area (Å²) in [5, 5.41) is 27.6. The van der Waals surface area contributed by atoms with Crippen LogP contribution in [-0.2, 0) is 9.53 Å². The maximum Gasteiger partial charge on any atom is 0.349 e. The van der Waals surface area contributed by atoms with Crippen molar-refractivity contribution in [2.45, 2.75) is 12.8 Å². The van der Waals surface area contributed by atoms with Crippen LogP contribution >= 0.6 is 0 Å². The van der Waals surface area contributed by atoms with Crippen molar-refractivity contribution < 1.29 is 9.53 Å². The lowest BCUT2D eigenvalue weighted by molar-refractivity contribution is -0.135. The first-order valence-electron chi connectivity index (χ1n) is 9.24. The van der Waals surface area contributed by atoms with Gasteiger partial charge in [-0.25, -0.2) is 4.79 Å². The van der Waals surface area contributed by atoms with Gasteiger partial charge in [-0.15, -0.1) is 0 Å². The molecule has 0 unspecified atom stereocenters. The van der Waals surface area contributed by atoms with Crippen LogP contribution in [0.1, 0.15) is 35.1 Å². The molecule has 0 amide bonds. The van der Waals surface area contributed by atoms with E-state index in [1.54, 1.807) is 24.3 Å². The summed E-state index contributed by atoms with van der Waals surface area (Å²) >= 11 is 0. The predicted octanol–water partition coefficient (Wildman–Crippen LogP) is 4.68. The number of hydrogen-bond donors (Lipinski definition) is 0. The number of methoxy groups -OCH3 is 1. The molecule has 30 heavy (non-hydrogen) atoms. The van der Waals surface area contributed by atoms with E-state index in [0.29, 0.717) is 29.5 Å².